The number of rotatable bonds is 1. The molecule has 0 heterocycles. The maximum atomic E-state index is 9.80. The van der Waals surface area contributed by atoms with Gasteiger partial charge in [-0.25, -0.2) is 0 Å². The Bertz CT molecular complexity index is 191. The zero-order valence-corrected chi connectivity index (χ0v) is 8.34. The van der Waals surface area contributed by atoms with Crippen LogP contribution in [-0.4, -0.2) is 35.6 Å². The van der Waals surface area contributed by atoms with E-state index in [1.165, 1.54) is 0 Å². The summed E-state index contributed by atoms with van der Waals surface area (Å²) in [6.07, 6.45) is 2.17. The van der Waals surface area contributed by atoms with Crippen molar-refractivity contribution in [2.45, 2.75) is 32.2 Å². The summed E-state index contributed by atoms with van der Waals surface area (Å²) in [5.41, 5.74) is 0. The van der Waals surface area contributed by atoms with Gasteiger partial charge in [0.25, 0.3) is 0 Å². The average molecular weight is 186 g/mol. The molecule has 0 aromatic heterocycles. The molecular weight excluding hydrogens is 168 g/mol. The minimum absolute atomic E-state index is 0.0509. The van der Waals surface area contributed by atoms with Gasteiger partial charge in [0, 0.05) is 18.9 Å². The Balaban J connectivity index is 2.81. The van der Waals surface area contributed by atoms with Gasteiger partial charge in [0.15, 0.2) is 0 Å². The van der Waals surface area contributed by atoms with Crippen molar-refractivity contribution in [3.8, 4) is 0 Å². The molecule has 0 aromatic carbocycles. The normalized spacial score (nSPS) is 46.1. The summed E-state index contributed by atoms with van der Waals surface area (Å²) in [6, 6.07) is 0. The van der Waals surface area contributed by atoms with Crippen molar-refractivity contribution in [3.05, 3.63) is 12.2 Å². The molecule has 0 saturated heterocycles. The average Bonchev–Trinajstić information content (AvgIpc) is 2.20. The van der Waals surface area contributed by atoms with Gasteiger partial charge in [-0.1, -0.05) is 26.0 Å². The highest BCUT2D eigenvalue weighted by atomic mass is 16.5. The molecule has 0 spiro atoms. The predicted octanol–water partition coefficient (Wildman–Crippen LogP) is 0.565. The molecule has 3 nitrogen and oxygen atoms in total. The molecule has 0 aliphatic heterocycles. The second-order valence-corrected chi connectivity index (χ2v) is 3.78. The third-order valence-corrected chi connectivity index (χ3v) is 2.82. The van der Waals surface area contributed by atoms with Crippen molar-refractivity contribution in [2.24, 2.45) is 11.8 Å². The van der Waals surface area contributed by atoms with Crippen molar-refractivity contribution in [2.75, 3.05) is 7.11 Å². The van der Waals surface area contributed by atoms with E-state index in [0.29, 0.717) is 0 Å². The van der Waals surface area contributed by atoms with Crippen LogP contribution in [0.5, 0.6) is 0 Å². The highest BCUT2D eigenvalue weighted by Crippen LogP contribution is 2.25. The fourth-order valence-electron chi connectivity index (χ4n) is 1.85. The molecule has 0 aromatic rings. The lowest BCUT2D eigenvalue weighted by molar-refractivity contribution is -0.0602. The monoisotopic (exact) mass is 186 g/mol. The number of methoxy groups -OCH3 is 1. The third kappa shape index (κ3) is 2.10. The quantitative estimate of drug-likeness (QED) is 0.588. The molecule has 5 unspecified atom stereocenters. The first-order valence-electron chi connectivity index (χ1n) is 4.65. The van der Waals surface area contributed by atoms with E-state index in [0.717, 1.165) is 0 Å². The summed E-state index contributed by atoms with van der Waals surface area (Å²) in [4.78, 5) is 0. The highest BCUT2D eigenvalue weighted by molar-refractivity contribution is 5.04. The minimum Gasteiger partial charge on any atom is -0.392 e. The van der Waals surface area contributed by atoms with E-state index in [2.05, 4.69) is 0 Å². The molecule has 0 saturated carbocycles. The first-order valence-corrected chi connectivity index (χ1v) is 4.65. The molecule has 1 aliphatic rings. The van der Waals surface area contributed by atoms with Gasteiger partial charge >= 0.3 is 0 Å². The van der Waals surface area contributed by atoms with E-state index < -0.39 is 12.2 Å². The van der Waals surface area contributed by atoms with Gasteiger partial charge in [-0.2, -0.15) is 0 Å². The standard InChI is InChI=1S/C10H18O3/c1-6-4-5-8(11)10(13-3)7(2)9(6)12/h4-12H,1-3H3. The first-order chi connectivity index (χ1) is 6.07. The Morgan fingerprint density at radius 3 is 2.31 bits per heavy atom. The Hall–Kier alpha value is -0.380. The van der Waals surface area contributed by atoms with E-state index in [1.54, 1.807) is 13.2 Å². The summed E-state index contributed by atoms with van der Waals surface area (Å²) < 4.78 is 5.15. The van der Waals surface area contributed by atoms with Crippen molar-refractivity contribution in [1.82, 2.24) is 0 Å². The molecule has 2 N–H and O–H groups in total. The number of ether oxygens (including phenoxy) is 1. The summed E-state index contributed by atoms with van der Waals surface area (Å²) in [5.74, 6) is 0.0230. The van der Waals surface area contributed by atoms with Crippen LogP contribution in [0.1, 0.15) is 13.8 Å². The lowest BCUT2D eigenvalue weighted by Gasteiger charge is -2.28. The summed E-state index contributed by atoms with van der Waals surface area (Å²) in [5, 5.41) is 19.4. The van der Waals surface area contributed by atoms with E-state index in [4.69, 9.17) is 4.74 Å². The molecular formula is C10H18O3. The second-order valence-electron chi connectivity index (χ2n) is 3.78. The van der Waals surface area contributed by atoms with Crippen molar-refractivity contribution < 1.29 is 14.9 Å². The second kappa shape index (κ2) is 4.22. The zero-order chi connectivity index (χ0) is 10.0. The number of aliphatic hydroxyl groups is 2. The minimum atomic E-state index is -0.611. The van der Waals surface area contributed by atoms with Crippen molar-refractivity contribution in [1.29, 1.82) is 0 Å². The number of hydrogen-bond acceptors (Lipinski definition) is 3. The number of hydrogen-bond donors (Lipinski definition) is 2. The van der Waals surface area contributed by atoms with Gasteiger partial charge in [0.1, 0.15) is 0 Å². The molecule has 0 fully saturated rings. The topological polar surface area (TPSA) is 49.7 Å². The summed E-state index contributed by atoms with van der Waals surface area (Å²) in [6.45, 7) is 3.83. The van der Waals surface area contributed by atoms with Crippen LogP contribution >= 0.6 is 0 Å². The van der Waals surface area contributed by atoms with Crippen LogP contribution in [0.2, 0.25) is 0 Å². The van der Waals surface area contributed by atoms with Crippen LogP contribution in [0.3, 0.4) is 0 Å². The molecule has 0 amide bonds. The van der Waals surface area contributed by atoms with E-state index in [-0.39, 0.29) is 17.9 Å². The third-order valence-electron chi connectivity index (χ3n) is 2.82. The first kappa shape index (κ1) is 10.7. The molecule has 0 radical (unpaired) electrons. The fraction of sp³-hybridized carbons (Fsp3) is 0.800. The SMILES string of the molecule is COC1C(O)C=CC(C)C(O)C1C. The van der Waals surface area contributed by atoms with E-state index in [9.17, 15) is 10.2 Å². The number of aliphatic hydroxyl groups excluding tert-OH is 2. The van der Waals surface area contributed by atoms with Gasteiger partial charge in [-0.05, 0) is 0 Å². The van der Waals surface area contributed by atoms with Crippen LogP contribution in [0.4, 0.5) is 0 Å². The maximum absolute atomic E-state index is 9.80. The van der Waals surface area contributed by atoms with Gasteiger partial charge in [0.05, 0.1) is 18.3 Å². The summed E-state index contributed by atoms with van der Waals surface area (Å²) in [7, 11) is 1.56. The zero-order valence-electron chi connectivity index (χ0n) is 8.34. The van der Waals surface area contributed by atoms with Crippen molar-refractivity contribution >= 4 is 0 Å². The fourth-order valence-corrected chi connectivity index (χ4v) is 1.85. The van der Waals surface area contributed by atoms with Crippen LogP contribution < -0.4 is 0 Å². The Labute approximate surface area is 79.0 Å². The Morgan fingerprint density at radius 2 is 1.77 bits per heavy atom. The predicted molar refractivity (Wildman–Crippen MR) is 50.3 cm³/mol. The van der Waals surface area contributed by atoms with E-state index in [1.807, 2.05) is 19.9 Å². The summed E-state index contributed by atoms with van der Waals surface area (Å²) >= 11 is 0. The lowest BCUT2D eigenvalue weighted by atomic mass is 9.90. The molecule has 3 heteroatoms. The molecule has 1 aliphatic carbocycles. The van der Waals surface area contributed by atoms with Crippen LogP contribution in [-0.2, 0) is 4.74 Å². The van der Waals surface area contributed by atoms with Gasteiger partial charge in [-0.3, -0.25) is 0 Å². The lowest BCUT2D eigenvalue weighted by Crippen LogP contribution is -2.38. The van der Waals surface area contributed by atoms with Crippen LogP contribution in [0, 0.1) is 11.8 Å². The maximum Gasteiger partial charge on any atom is 0.0986 e. The largest absolute Gasteiger partial charge is 0.392 e. The molecule has 76 valence electrons. The Morgan fingerprint density at radius 1 is 1.15 bits per heavy atom. The van der Waals surface area contributed by atoms with Gasteiger partial charge < -0.3 is 14.9 Å². The molecule has 1 rings (SSSR count). The molecule has 0 bridgehead atoms. The van der Waals surface area contributed by atoms with Gasteiger partial charge in [-0.15, -0.1) is 0 Å². The highest BCUT2D eigenvalue weighted by Gasteiger charge is 2.33. The smallest absolute Gasteiger partial charge is 0.0986 e. The van der Waals surface area contributed by atoms with Crippen LogP contribution in [0.15, 0.2) is 12.2 Å². The van der Waals surface area contributed by atoms with Crippen LogP contribution in [0.25, 0.3) is 0 Å². The van der Waals surface area contributed by atoms with Crippen molar-refractivity contribution in [3.63, 3.8) is 0 Å². The Kier molecular flexibility index (Phi) is 3.47. The van der Waals surface area contributed by atoms with E-state index >= 15 is 0 Å². The molecule has 5 atom stereocenters. The molecule has 13 heavy (non-hydrogen) atoms. The van der Waals surface area contributed by atoms with Gasteiger partial charge in [0.2, 0.25) is 0 Å².